The predicted molar refractivity (Wildman–Crippen MR) is 111 cm³/mol. The first-order valence-corrected chi connectivity index (χ1v) is 9.77. The summed E-state index contributed by atoms with van der Waals surface area (Å²) in [6.45, 7) is 5.26. The lowest BCUT2D eigenvalue weighted by atomic mass is 10.1. The van der Waals surface area contributed by atoms with Gasteiger partial charge in [-0.15, -0.1) is 0 Å². The van der Waals surface area contributed by atoms with Crippen molar-refractivity contribution in [2.45, 2.75) is 32.9 Å². The van der Waals surface area contributed by atoms with E-state index in [2.05, 4.69) is 41.2 Å². The molecule has 3 aromatic rings. The van der Waals surface area contributed by atoms with Gasteiger partial charge in [0.15, 0.2) is 0 Å². The molecule has 0 saturated carbocycles. The first-order valence-electron chi connectivity index (χ1n) is 9.77. The topological polar surface area (TPSA) is 46.5 Å². The number of fused-ring (bicyclic) bond motifs is 3. The van der Waals surface area contributed by atoms with E-state index < -0.39 is 0 Å². The maximum Gasteiger partial charge on any atom is 0.322 e. The Hall–Kier alpha value is -3.21. The fourth-order valence-corrected chi connectivity index (χ4v) is 3.86. The molecule has 1 aliphatic rings. The van der Waals surface area contributed by atoms with Crippen LogP contribution >= 0.6 is 0 Å². The number of hydrogen-bond acceptors (Lipinski definition) is 2. The Balaban J connectivity index is 1.64. The van der Waals surface area contributed by atoms with E-state index in [4.69, 9.17) is 4.74 Å². The van der Waals surface area contributed by atoms with Gasteiger partial charge in [0.25, 0.3) is 0 Å². The van der Waals surface area contributed by atoms with Gasteiger partial charge in [-0.1, -0.05) is 25.1 Å². The normalized spacial score (nSPS) is 15.4. The van der Waals surface area contributed by atoms with Gasteiger partial charge in [-0.05, 0) is 61.4 Å². The molecule has 1 atom stereocenters. The zero-order valence-electron chi connectivity index (χ0n) is 16.3. The number of hydrogen-bond donors (Lipinski definition) is 1. The summed E-state index contributed by atoms with van der Waals surface area (Å²) in [5, 5.41) is 3.05. The number of rotatable bonds is 4. The number of nitrogens with one attached hydrogen (secondary N) is 1. The molecule has 1 aliphatic heterocycles. The highest BCUT2D eigenvalue weighted by Crippen LogP contribution is 2.34. The number of nitrogens with zero attached hydrogens (tertiary/aromatic N) is 2. The summed E-state index contributed by atoms with van der Waals surface area (Å²) < 4.78 is 7.68. The van der Waals surface area contributed by atoms with Gasteiger partial charge in [-0.3, -0.25) is 0 Å². The van der Waals surface area contributed by atoms with Gasteiger partial charge in [0.05, 0.1) is 24.9 Å². The van der Waals surface area contributed by atoms with E-state index in [0.717, 1.165) is 34.8 Å². The van der Waals surface area contributed by atoms with Crippen molar-refractivity contribution < 1.29 is 9.53 Å². The maximum absolute atomic E-state index is 13.2. The summed E-state index contributed by atoms with van der Waals surface area (Å²) in [6.07, 6.45) is 2.92. The smallest absolute Gasteiger partial charge is 0.322 e. The Morgan fingerprint density at radius 2 is 1.86 bits per heavy atom. The molecule has 144 valence electrons. The average Bonchev–Trinajstić information content (AvgIpc) is 3.14. The quantitative estimate of drug-likeness (QED) is 0.666. The maximum atomic E-state index is 13.2. The summed E-state index contributed by atoms with van der Waals surface area (Å²) in [6, 6.07) is 19.8. The van der Waals surface area contributed by atoms with Crippen molar-refractivity contribution in [3.05, 3.63) is 78.1 Å². The number of benzene rings is 2. The van der Waals surface area contributed by atoms with Crippen molar-refractivity contribution >= 4 is 11.7 Å². The minimum Gasteiger partial charge on any atom is -0.494 e. The molecule has 1 aromatic heterocycles. The minimum atomic E-state index is -0.0968. The van der Waals surface area contributed by atoms with E-state index in [1.807, 2.05) is 54.3 Å². The van der Waals surface area contributed by atoms with Crippen molar-refractivity contribution in [1.82, 2.24) is 9.47 Å². The van der Waals surface area contributed by atoms with E-state index in [0.29, 0.717) is 13.2 Å². The van der Waals surface area contributed by atoms with Crippen LogP contribution in [0.3, 0.4) is 0 Å². The molecule has 0 bridgehead atoms. The van der Waals surface area contributed by atoms with Crippen molar-refractivity contribution in [3.63, 3.8) is 0 Å². The lowest BCUT2D eigenvalue weighted by molar-refractivity contribution is 0.181. The second-order valence-corrected chi connectivity index (χ2v) is 6.87. The van der Waals surface area contributed by atoms with Crippen LogP contribution in [-0.4, -0.2) is 22.1 Å². The fraction of sp³-hybridized carbons (Fsp3) is 0.261. The number of ether oxygens (including phenoxy) is 1. The molecule has 1 N–H and O–H groups in total. The van der Waals surface area contributed by atoms with Crippen molar-refractivity contribution in [1.29, 1.82) is 0 Å². The van der Waals surface area contributed by atoms with Crippen LogP contribution in [0.2, 0.25) is 0 Å². The van der Waals surface area contributed by atoms with Crippen molar-refractivity contribution in [2.75, 3.05) is 11.9 Å². The average molecular weight is 375 g/mol. The molecular weight excluding hydrogens is 350 g/mol. The number of amides is 2. The zero-order valence-corrected chi connectivity index (χ0v) is 16.3. The van der Waals surface area contributed by atoms with E-state index in [1.54, 1.807) is 0 Å². The summed E-state index contributed by atoms with van der Waals surface area (Å²) in [5.41, 5.74) is 4.17. The second-order valence-electron chi connectivity index (χ2n) is 6.87. The Labute approximate surface area is 165 Å². The van der Waals surface area contributed by atoms with Crippen LogP contribution < -0.4 is 10.1 Å². The van der Waals surface area contributed by atoms with E-state index in [-0.39, 0.29) is 12.1 Å². The summed E-state index contributed by atoms with van der Waals surface area (Å²) in [5.74, 6) is 0.800. The molecule has 5 nitrogen and oxygen atoms in total. The lowest BCUT2D eigenvalue weighted by Crippen LogP contribution is -2.37. The zero-order chi connectivity index (χ0) is 19.5. The van der Waals surface area contributed by atoms with Crippen LogP contribution in [0.5, 0.6) is 5.75 Å². The Morgan fingerprint density at radius 1 is 1.07 bits per heavy atom. The first-order chi connectivity index (χ1) is 13.7. The summed E-state index contributed by atoms with van der Waals surface area (Å²) in [7, 11) is 0. The van der Waals surface area contributed by atoms with Gasteiger partial charge in [-0.2, -0.15) is 0 Å². The summed E-state index contributed by atoms with van der Waals surface area (Å²) in [4.78, 5) is 15.1. The third-order valence-electron chi connectivity index (χ3n) is 5.15. The monoisotopic (exact) mass is 375 g/mol. The van der Waals surface area contributed by atoms with Crippen LogP contribution in [0.4, 0.5) is 10.5 Å². The van der Waals surface area contributed by atoms with Gasteiger partial charge in [0, 0.05) is 17.6 Å². The molecule has 4 rings (SSSR count). The van der Waals surface area contributed by atoms with Gasteiger partial charge < -0.3 is 19.5 Å². The summed E-state index contributed by atoms with van der Waals surface area (Å²) >= 11 is 0. The van der Waals surface area contributed by atoms with E-state index in [9.17, 15) is 4.79 Å². The molecule has 2 aromatic carbocycles. The first kappa shape index (κ1) is 18.2. The minimum absolute atomic E-state index is 0.00472. The molecule has 0 saturated heterocycles. The van der Waals surface area contributed by atoms with E-state index in [1.165, 1.54) is 0 Å². The Kier molecular flexibility index (Phi) is 5.06. The standard InChI is InChI=1S/C23H25N3O2/c1-3-20-22-10-7-15-25(22)21-9-6-5-8-17(21)16-26(20)23(27)24-18-11-13-19(14-12-18)28-4-2/h5-15,20H,3-4,16H2,1-2H3,(H,24,27)/t20-/m1/s1. The molecule has 0 unspecified atom stereocenters. The number of carbonyl (C=O) groups excluding carboxylic acids is 1. The second kappa shape index (κ2) is 7.80. The number of aromatic nitrogens is 1. The van der Waals surface area contributed by atoms with Crippen LogP contribution in [0.15, 0.2) is 66.9 Å². The lowest BCUT2D eigenvalue weighted by Gasteiger charge is -2.29. The molecule has 0 fully saturated rings. The van der Waals surface area contributed by atoms with Gasteiger partial charge >= 0.3 is 6.03 Å². The van der Waals surface area contributed by atoms with E-state index >= 15 is 0 Å². The molecule has 0 radical (unpaired) electrons. The number of urea groups is 1. The number of para-hydroxylation sites is 1. The Bertz CT molecular complexity index is 962. The third kappa shape index (κ3) is 3.36. The van der Waals surface area contributed by atoms with Gasteiger partial charge in [0.2, 0.25) is 0 Å². The Morgan fingerprint density at radius 3 is 2.61 bits per heavy atom. The third-order valence-corrected chi connectivity index (χ3v) is 5.15. The highest BCUT2D eigenvalue weighted by atomic mass is 16.5. The van der Waals surface area contributed by atoms with Crippen molar-refractivity contribution in [2.24, 2.45) is 0 Å². The molecule has 0 aliphatic carbocycles. The number of carbonyl (C=O) groups is 1. The molecule has 0 spiro atoms. The molecule has 2 heterocycles. The highest BCUT2D eigenvalue weighted by Gasteiger charge is 2.30. The number of anilines is 1. The predicted octanol–water partition coefficient (Wildman–Crippen LogP) is 5.37. The van der Waals surface area contributed by atoms with Gasteiger partial charge in [-0.25, -0.2) is 4.79 Å². The van der Waals surface area contributed by atoms with Crippen LogP contribution in [-0.2, 0) is 6.54 Å². The van der Waals surface area contributed by atoms with Gasteiger partial charge in [0.1, 0.15) is 5.75 Å². The largest absolute Gasteiger partial charge is 0.494 e. The molecule has 5 heteroatoms. The highest BCUT2D eigenvalue weighted by molar-refractivity contribution is 5.89. The van der Waals surface area contributed by atoms with Crippen LogP contribution in [0.1, 0.15) is 37.6 Å². The molecule has 2 amide bonds. The SMILES string of the molecule is CCOc1ccc(NC(=O)N2Cc3ccccc3-n3cccc3[C@H]2CC)cc1. The van der Waals surface area contributed by atoms with Crippen molar-refractivity contribution in [3.8, 4) is 11.4 Å². The molecular formula is C23H25N3O2. The molecule has 28 heavy (non-hydrogen) atoms. The fourth-order valence-electron chi connectivity index (χ4n) is 3.86. The van der Waals surface area contributed by atoms with Crippen LogP contribution in [0, 0.1) is 0 Å². The van der Waals surface area contributed by atoms with Crippen LogP contribution in [0.25, 0.3) is 5.69 Å².